The number of nitrogens with one attached hydrogen (secondary N) is 1. The number of nitrogens with zero attached hydrogens (tertiary/aromatic N) is 1. The summed E-state index contributed by atoms with van der Waals surface area (Å²) in [4.78, 5) is 29.1. The first-order valence-corrected chi connectivity index (χ1v) is 11.8. The van der Waals surface area contributed by atoms with Gasteiger partial charge in [-0.05, 0) is 67.5 Å². The lowest BCUT2D eigenvalue weighted by molar-refractivity contribution is 0.0662. The zero-order valence-electron chi connectivity index (χ0n) is 17.2. The molecule has 2 amide bonds. The van der Waals surface area contributed by atoms with Gasteiger partial charge in [-0.15, -0.1) is 11.3 Å². The van der Waals surface area contributed by atoms with Gasteiger partial charge >= 0.3 is 0 Å². The molecule has 3 aromatic rings. The SMILES string of the molecule is Cc1cc(NC(=O)c2ccccc2Cl)sc1C(=O)N(C1CC1)C1CCc2ccccc21. The summed E-state index contributed by atoms with van der Waals surface area (Å²) in [5, 5.41) is 3.98. The van der Waals surface area contributed by atoms with E-state index in [1.165, 1.54) is 22.5 Å². The number of rotatable bonds is 5. The molecule has 1 heterocycles. The molecule has 2 aliphatic carbocycles. The number of aryl methyl sites for hydroxylation is 2. The molecule has 2 aliphatic rings. The molecule has 1 aromatic heterocycles. The Morgan fingerprint density at radius 3 is 2.58 bits per heavy atom. The Balaban J connectivity index is 1.40. The largest absolute Gasteiger partial charge is 0.328 e. The van der Waals surface area contributed by atoms with Gasteiger partial charge in [-0.3, -0.25) is 9.59 Å². The lowest BCUT2D eigenvalue weighted by atomic mass is 10.1. The Morgan fingerprint density at radius 1 is 1.06 bits per heavy atom. The first-order chi connectivity index (χ1) is 15.0. The van der Waals surface area contributed by atoms with Gasteiger partial charge in [0.25, 0.3) is 11.8 Å². The van der Waals surface area contributed by atoms with Crippen molar-refractivity contribution < 1.29 is 9.59 Å². The number of thiophene rings is 1. The van der Waals surface area contributed by atoms with Crippen molar-refractivity contribution in [3.8, 4) is 0 Å². The van der Waals surface area contributed by atoms with Crippen LogP contribution >= 0.6 is 22.9 Å². The van der Waals surface area contributed by atoms with Gasteiger partial charge in [-0.25, -0.2) is 0 Å². The van der Waals surface area contributed by atoms with E-state index in [0.29, 0.717) is 26.5 Å². The van der Waals surface area contributed by atoms with E-state index in [2.05, 4.69) is 34.5 Å². The minimum atomic E-state index is -0.269. The Hall–Kier alpha value is -2.63. The summed E-state index contributed by atoms with van der Waals surface area (Å²) in [6, 6.07) is 17.7. The minimum Gasteiger partial charge on any atom is -0.328 e. The minimum absolute atomic E-state index is 0.0740. The molecule has 0 radical (unpaired) electrons. The van der Waals surface area contributed by atoms with Gasteiger partial charge in [0.15, 0.2) is 0 Å². The van der Waals surface area contributed by atoms with Gasteiger partial charge < -0.3 is 10.2 Å². The number of carbonyl (C=O) groups excluding carboxylic acids is 2. The predicted molar refractivity (Wildman–Crippen MR) is 125 cm³/mol. The van der Waals surface area contributed by atoms with Crippen LogP contribution in [0.5, 0.6) is 0 Å². The first-order valence-electron chi connectivity index (χ1n) is 10.6. The zero-order chi connectivity index (χ0) is 21.5. The van der Waals surface area contributed by atoms with Crippen LogP contribution in [-0.4, -0.2) is 22.8 Å². The van der Waals surface area contributed by atoms with Crippen LogP contribution in [0, 0.1) is 6.92 Å². The molecule has 0 aliphatic heterocycles. The van der Waals surface area contributed by atoms with Gasteiger partial charge in [-0.2, -0.15) is 0 Å². The summed E-state index contributed by atoms with van der Waals surface area (Å²) in [5.74, 6) is -0.195. The van der Waals surface area contributed by atoms with Crippen LogP contribution in [0.15, 0.2) is 54.6 Å². The summed E-state index contributed by atoms with van der Waals surface area (Å²) < 4.78 is 0. The molecule has 1 saturated carbocycles. The highest BCUT2D eigenvalue weighted by atomic mass is 35.5. The summed E-state index contributed by atoms with van der Waals surface area (Å²) >= 11 is 7.50. The fourth-order valence-corrected chi connectivity index (χ4v) is 5.67. The third-order valence-electron chi connectivity index (χ3n) is 6.08. The molecule has 6 heteroatoms. The predicted octanol–water partition coefficient (Wildman–Crippen LogP) is 6.25. The molecule has 5 rings (SSSR count). The van der Waals surface area contributed by atoms with Crippen molar-refractivity contribution in [1.82, 2.24) is 4.90 Å². The van der Waals surface area contributed by atoms with Crippen molar-refractivity contribution in [2.24, 2.45) is 0 Å². The lowest BCUT2D eigenvalue weighted by Gasteiger charge is -2.30. The monoisotopic (exact) mass is 450 g/mol. The molecule has 0 saturated heterocycles. The van der Waals surface area contributed by atoms with Crippen LogP contribution in [0.3, 0.4) is 0 Å². The number of amides is 2. The van der Waals surface area contributed by atoms with Gasteiger partial charge in [0.2, 0.25) is 0 Å². The van der Waals surface area contributed by atoms with Crippen molar-refractivity contribution in [1.29, 1.82) is 0 Å². The van der Waals surface area contributed by atoms with E-state index in [-0.39, 0.29) is 17.9 Å². The van der Waals surface area contributed by atoms with E-state index in [4.69, 9.17) is 11.6 Å². The highest BCUT2D eigenvalue weighted by Gasteiger charge is 2.41. The maximum atomic E-state index is 13.7. The van der Waals surface area contributed by atoms with Gasteiger partial charge in [0.1, 0.15) is 0 Å². The van der Waals surface area contributed by atoms with Gasteiger partial charge in [0.05, 0.1) is 26.5 Å². The lowest BCUT2D eigenvalue weighted by Crippen LogP contribution is -2.35. The first kappa shape index (κ1) is 20.3. The maximum Gasteiger partial charge on any atom is 0.265 e. The number of hydrogen-bond donors (Lipinski definition) is 1. The standard InChI is InChI=1S/C25H23ClN2O2S/c1-15-14-22(27-24(29)19-8-4-5-9-20(19)26)31-23(15)25(30)28(17-11-12-17)21-13-10-16-6-2-3-7-18(16)21/h2-9,14,17,21H,10-13H2,1H3,(H,27,29). The van der Waals surface area contributed by atoms with E-state index in [9.17, 15) is 9.59 Å². The van der Waals surface area contributed by atoms with Crippen molar-refractivity contribution >= 4 is 39.8 Å². The maximum absolute atomic E-state index is 13.7. The highest BCUT2D eigenvalue weighted by Crippen LogP contribution is 2.43. The molecule has 0 spiro atoms. The van der Waals surface area contributed by atoms with Gasteiger partial charge in [0, 0.05) is 6.04 Å². The summed E-state index contributed by atoms with van der Waals surface area (Å²) in [7, 11) is 0. The second kappa shape index (κ2) is 8.13. The van der Waals surface area contributed by atoms with Crippen LogP contribution in [0.25, 0.3) is 0 Å². The van der Waals surface area contributed by atoms with E-state index in [0.717, 1.165) is 31.2 Å². The van der Waals surface area contributed by atoms with Crippen molar-refractivity contribution in [3.63, 3.8) is 0 Å². The van der Waals surface area contributed by atoms with E-state index in [1.807, 2.05) is 13.0 Å². The molecule has 1 atom stereocenters. The smallest absolute Gasteiger partial charge is 0.265 e. The fraction of sp³-hybridized carbons (Fsp3) is 0.280. The number of halogens is 1. The van der Waals surface area contributed by atoms with Crippen LogP contribution in [0.2, 0.25) is 5.02 Å². The number of hydrogen-bond acceptors (Lipinski definition) is 3. The Bertz CT molecular complexity index is 1170. The molecule has 0 bridgehead atoms. The number of fused-ring (bicyclic) bond motifs is 1. The Kier molecular flexibility index (Phi) is 5.32. The molecule has 31 heavy (non-hydrogen) atoms. The van der Waals surface area contributed by atoms with Crippen molar-refractivity contribution in [3.05, 3.63) is 86.8 Å². The average molecular weight is 451 g/mol. The van der Waals surface area contributed by atoms with Crippen LogP contribution in [-0.2, 0) is 6.42 Å². The molecule has 1 N–H and O–H groups in total. The second-order valence-corrected chi connectivity index (χ2v) is 9.71. The van der Waals surface area contributed by atoms with Crippen molar-refractivity contribution in [2.45, 2.75) is 44.7 Å². The molecule has 1 unspecified atom stereocenters. The van der Waals surface area contributed by atoms with Gasteiger partial charge in [-0.1, -0.05) is 48.0 Å². The summed E-state index contributed by atoms with van der Waals surface area (Å²) in [6.45, 7) is 1.93. The number of anilines is 1. The molecule has 4 nitrogen and oxygen atoms in total. The second-order valence-electron chi connectivity index (χ2n) is 8.25. The number of benzene rings is 2. The molecule has 158 valence electrons. The van der Waals surface area contributed by atoms with Crippen LogP contribution < -0.4 is 5.32 Å². The molecular weight excluding hydrogens is 428 g/mol. The average Bonchev–Trinajstić information content (AvgIpc) is 3.40. The quantitative estimate of drug-likeness (QED) is 0.499. The Labute approximate surface area is 190 Å². The molecule has 2 aromatic carbocycles. The Morgan fingerprint density at radius 2 is 1.81 bits per heavy atom. The summed E-state index contributed by atoms with van der Waals surface area (Å²) in [6.07, 6.45) is 4.11. The fourth-order valence-electron chi connectivity index (χ4n) is 4.44. The van der Waals surface area contributed by atoms with E-state index >= 15 is 0 Å². The number of carbonyl (C=O) groups is 2. The third-order valence-corrected chi connectivity index (χ3v) is 7.55. The normalized spacial score (nSPS) is 17.3. The van der Waals surface area contributed by atoms with E-state index in [1.54, 1.807) is 24.3 Å². The topological polar surface area (TPSA) is 49.4 Å². The summed E-state index contributed by atoms with van der Waals surface area (Å²) in [5.41, 5.74) is 3.94. The van der Waals surface area contributed by atoms with E-state index < -0.39 is 0 Å². The third kappa shape index (κ3) is 3.88. The highest BCUT2D eigenvalue weighted by molar-refractivity contribution is 7.18. The van der Waals surface area contributed by atoms with Crippen molar-refractivity contribution in [2.75, 3.05) is 5.32 Å². The van der Waals surface area contributed by atoms with Crippen LogP contribution in [0.1, 0.15) is 62.0 Å². The zero-order valence-corrected chi connectivity index (χ0v) is 18.8. The van der Waals surface area contributed by atoms with Crippen LogP contribution in [0.4, 0.5) is 5.00 Å². The molecular formula is C25H23ClN2O2S. The molecule has 1 fully saturated rings.